The van der Waals surface area contributed by atoms with Crippen LogP contribution in [0.3, 0.4) is 0 Å². The SMILES string of the molecule is N/C(=N\N=C(/C=O)c1ccccc1)N1CCOCC1. The van der Waals surface area contributed by atoms with Crippen molar-refractivity contribution in [2.75, 3.05) is 26.3 Å². The Labute approximate surface area is 111 Å². The van der Waals surface area contributed by atoms with Crippen LogP contribution in [0, 0.1) is 0 Å². The number of guanidine groups is 1. The molecule has 0 saturated carbocycles. The fraction of sp³-hybridized carbons (Fsp3) is 0.308. The van der Waals surface area contributed by atoms with Gasteiger partial charge in [-0.15, -0.1) is 10.2 Å². The summed E-state index contributed by atoms with van der Waals surface area (Å²) in [5.74, 6) is 0.304. The van der Waals surface area contributed by atoms with Gasteiger partial charge in [-0.3, -0.25) is 4.79 Å². The van der Waals surface area contributed by atoms with Gasteiger partial charge in [-0.25, -0.2) is 0 Å². The predicted octanol–water partition coefficient (Wildman–Crippen LogP) is 0.236. The van der Waals surface area contributed by atoms with Gasteiger partial charge in [0.25, 0.3) is 0 Å². The maximum absolute atomic E-state index is 11.0. The molecule has 6 nitrogen and oxygen atoms in total. The molecule has 0 aliphatic carbocycles. The molecule has 0 spiro atoms. The Hall–Kier alpha value is -2.21. The van der Waals surface area contributed by atoms with E-state index in [0.29, 0.717) is 38.5 Å². The third-order valence-corrected chi connectivity index (χ3v) is 2.78. The van der Waals surface area contributed by atoms with Gasteiger partial charge in [0.2, 0.25) is 5.96 Å². The molecule has 1 heterocycles. The van der Waals surface area contributed by atoms with Gasteiger partial charge in [-0.2, -0.15) is 0 Å². The van der Waals surface area contributed by atoms with Crippen LogP contribution in [0.25, 0.3) is 0 Å². The van der Waals surface area contributed by atoms with Gasteiger partial charge in [0.1, 0.15) is 5.71 Å². The summed E-state index contributed by atoms with van der Waals surface area (Å²) < 4.78 is 5.22. The number of hydrogen-bond acceptors (Lipinski definition) is 4. The fourth-order valence-corrected chi connectivity index (χ4v) is 1.72. The molecule has 2 N–H and O–H groups in total. The monoisotopic (exact) mass is 260 g/mol. The minimum atomic E-state index is 0.261. The fourth-order valence-electron chi connectivity index (χ4n) is 1.72. The highest BCUT2D eigenvalue weighted by molar-refractivity contribution is 6.36. The number of ether oxygens (including phenoxy) is 1. The lowest BCUT2D eigenvalue weighted by Crippen LogP contribution is -2.44. The number of carbonyl (C=O) groups is 1. The Kier molecular flexibility index (Phi) is 4.63. The van der Waals surface area contributed by atoms with E-state index in [0.717, 1.165) is 5.56 Å². The van der Waals surface area contributed by atoms with Gasteiger partial charge < -0.3 is 15.4 Å². The maximum Gasteiger partial charge on any atom is 0.216 e. The first kappa shape index (κ1) is 13.2. The van der Waals surface area contributed by atoms with Crippen LogP contribution in [0.1, 0.15) is 5.56 Å². The predicted molar refractivity (Wildman–Crippen MR) is 73.1 cm³/mol. The average molecular weight is 260 g/mol. The zero-order valence-corrected chi connectivity index (χ0v) is 10.5. The van der Waals surface area contributed by atoms with Crippen LogP contribution < -0.4 is 5.73 Å². The number of morpholine rings is 1. The smallest absolute Gasteiger partial charge is 0.216 e. The molecule has 1 fully saturated rings. The highest BCUT2D eigenvalue weighted by atomic mass is 16.5. The molecule has 0 radical (unpaired) electrons. The van der Waals surface area contributed by atoms with Gasteiger partial charge in [-0.1, -0.05) is 30.3 Å². The number of rotatable bonds is 3. The Morgan fingerprint density at radius 3 is 2.53 bits per heavy atom. The van der Waals surface area contributed by atoms with Crippen molar-refractivity contribution < 1.29 is 9.53 Å². The molecular weight excluding hydrogens is 244 g/mol. The molecule has 100 valence electrons. The van der Waals surface area contributed by atoms with Crippen molar-refractivity contribution >= 4 is 18.0 Å². The molecule has 6 heteroatoms. The summed E-state index contributed by atoms with van der Waals surface area (Å²) in [5.41, 5.74) is 6.81. The molecule has 19 heavy (non-hydrogen) atoms. The van der Waals surface area contributed by atoms with Crippen LogP contribution in [0.2, 0.25) is 0 Å². The molecule has 0 aromatic heterocycles. The molecular formula is C13H16N4O2. The minimum absolute atomic E-state index is 0.261. The summed E-state index contributed by atoms with van der Waals surface area (Å²) in [5, 5.41) is 7.83. The number of hydrogen-bond donors (Lipinski definition) is 1. The first-order valence-electron chi connectivity index (χ1n) is 6.05. The molecule has 1 aromatic rings. The van der Waals surface area contributed by atoms with E-state index in [4.69, 9.17) is 10.5 Å². The minimum Gasteiger partial charge on any atom is -0.378 e. The summed E-state index contributed by atoms with van der Waals surface area (Å²) in [6, 6.07) is 9.14. The van der Waals surface area contributed by atoms with E-state index in [9.17, 15) is 4.79 Å². The average Bonchev–Trinajstić information content (AvgIpc) is 2.49. The van der Waals surface area contributed by atoms with E-state index in [1.165, 1.54) is 0 Å². The number of nitrogens with two attached hydrogens (primary N) is 1. The van der Waals surface area contributed by atoms with Gasteiger partial charge in [0.05, 0.1) is 13.2 Å². The van der Waals surface area contributed by atoms with Crippen LogP contribution in [0.5, 0.6) is 0 Å². The first-order valence-corrected chi connectivity index (χ1v) is 6.05. The topological polar surface area (TPSA) is 80.3 Å². The van der Waals surface area contributed by atoms with Gasteiger partial charge >= 0.3 is 0 Å². The van der Waals surface area contributed by atoms with Crippen molar-refractivity contribution in [3.63, 3.8) is 0 Å². The Balaban J connectivity index is 2.12. The summed E-state index contributed by atoms with van der Waals surface area (Å²) in [6.45, 7) is 2.62. The van der Waals surface area contributed by atoms with E-state index < -0.39 is 0 Å². The Morgan fingerprint density at radius 2 is 1.89 bits per heavy atom. The van der Waals surface area contributed by atoms with E-state index in [2.05, 4.69) is 10.2 Å². The quantitative estimate of drug-likeness (QED) is 0.365. The van der Waals surface area contributed by atoms with Crippen molar-refractivity contribution in [3.8, 4) is 0 Å². The lowest BCUT2D eigenvalue weighted by atomic mass is 10.1. The zero-order valence-electron chi connectivity index (χ0n) is 10.5. The molecule has 2 rings (SSSR count). The van der Waals surface area contributed by atoms with Crippen molar-refractivity contribution in [1.82, 2.24) is 4.90 Å². The molecule has 0 unspecified atom stereocenters. The zero-order chi connectivity index (χ0) is 13.5. The number of nitrogens with zero attached hydrogens (tertiary/aromatic N) is 3. The molecule has 0 bridgehead atoms. The summed E-state index contributed by atoms with van der Waals surface area (Å²) in [7, 11) is 0. The number of carbonyl (C=O) groups excluding carboxylic acids is 1. The molecule has 0 amide bonds. The number of benzene rings is 1. The first-order chi connectivity index (χ1) is 9.31. The van der Waals surface area contributed by atoms with Crippen molar-refractivity contribution in [1.29, 1.82) is 0 Å². The molecule has 1 saturated heterocycles. The third-order valence-electron chi connectivity index (χ3n) is 2.78. The maximum atomic E-state index is 11.0. The number of aldehydes is 1. The molecule has 1 aromatic carbocycles. The van der Waals surface area contributed by atoms with Crippen LogP contribution in [-0.4, -0.2) is 49.2 Å². The van der Waals surface area contributed by atoms with E-state index in [1.54, 1.807) is 12.1 Å². The van der Waals surface area contributed by atoms with Gasteiger partial charge in [0.15, 0.2) is 6.29 Å². The highest BCUT2D eigenvalue weighted by Crippen LogP contribution is 2.01. The Bertz CT molecular complexity index is 479. The summed E-state index contributed by atoms with van der Waals surface area (Å²) in [4.78, 5) is 12.9. The van der Waals surface area contributed by atoms with Gasteiger partial charge in [0, 0.05) is 18.7 Å². The lowest BCUT2D eigenvalue weighted by Gasteiger charge is -2.26. The standard InChI is InChI=1S/C13H16N4O2/c14-13(17-6-8-19-9-7-17)16-15-12(10-18)11-4-2-1-3-5-11/h1-5,10H,6-9H2,(H2,14,16)/b15-12+. The molecule has 1 aliphatic rings. The normalized spacial score (nSPS) is 17.4. The third kappa shape index (κ3) is 3.62. The second kappa shape index (κ2) is 6.65. The van der Waals surface area contributed by atoms with Crippen LogP contribution in [0.4, 0.5) is 0 Å². The van der Waals surface area contributed by atoms with E-state index >= 15 is 0 Å². The summed E-state index contributed by atoms with van der Waals surface area (Å²) in [6.07, 6.45) is 0.672. The molecule has 1 aliphatic heterocycles. The Morgan fingerprint density at radius 1 is 1.21 bits per heavy atom. The summed E-state index contributed by atoms with van der Waals surface area (Å²) >= 11 is 0. The van der Waals surface area contributed by atoms with Crippen molar-refractivity contribution in [2.24, 2.45) is 15.9 Å². The van der Waals surface area contributed by atoms with E-state index in [1.807, 2.05) is 23.1 Å². The largest absolute Gasteiger partial charge is 0.378 e. The second-order valence-corrected chi connectivity index (χ2v) is 4.03. The van der Waals surface area contributed by atoms with Crippen molar-refractivity contribution in [3.05, 3.63) is 35.9 Å². The van der Waals surface area contributed by atoms with Crippen molar-refractivity contribution in [2.45, 2.75) is 0 Å². The second-order valence-electron chi connectivity index (χ2n) is 4.03. The van der Waals surface area contributed by atoms with Crippen LogP contribution in [-0.2, 0) is 9.53 Å². The van der Waals surface area contributed by atoms with Crippen LogP contribution in [0.15, 0.2) is 40.5 Å². The lowest BCUT2D eigenvalue weighted by molar-refractivity contribution is -0.102. The molecule has 0 atom stereocenters. The van der Waals surface area contributed by atoms with Crippen LogP contribution >= 0.6 is 0 Å². The highest BCUT2D eigenvalue weighted by Gasteiger charge is 2.12. The van der Waals surface area contributed by atoms with Gasteiger partial charge in [-0.05, 0) is 0 Å². The van der Waals surface area contributed by atoms with E-state index in [-0.39, 0.29) is 5.71 Å².